The number of benzene rings is 2. The molecule has 0 saturated carbocycles. The Morgan fingerprint density at radius 3 is 2.29 bits per heavy atom. The number of sulfonamides is 1. The van der Waals surface area contributed by atoms with Gasteiger partial charge >= 0.3 is 0 Å². The summed E-state index contributed by atoms with van der Waals surface area (Å²) in [5.74, 6) is 0.648. The van der Waals surface area contributed by atoms with E-state index in [1.54, 1.807) is 0 Å². The summed E-state index contributed by atoms with van der Waals surface area (Å²) in [6.07, 6.45) is 0. The molecule has 2 aromatic carbocycles. The summed E-state index contributed by atoms with van der Waals surface area (Å²) in [6, 6.07) is 17.1. The molecule has 0 N–H and O–H groups in total. The van der Waals surface area contributed by atoms with Gasteiger partial charge in [-0.15, -0.1) is 21.5 Å². The zero-order chi connectivity index (χ0) is 22.0. The highest BCUT2D eigenvalue weighted by Gasteiger charge is 2.30. The molecule has 160 valence electrons. The van der Waals surface area contributed by atoms with Crippen molar-refractivity contribution in [3.63, 3.8) is 0 Å². The summed E-state index contributed by atoms with van der Waals surface area (Å²) in [4.78, 5) is 1.17. The number of aromatic nitrogens is 2. The fraction of sp³-hybridized carbons (Fsp3) is 0.217. The van der Waals surface area contributed by atoms with E-state index in [-0.39, 0.29) is 19.0 Å². The molecule has 2 heterocycles. The normalized spacial score (nSPS) is 11.9. The number of aryl methyl sites for hydroxylation is 3. The van der Waals surface area contributed by atoms with Crippen molar-refractivity contribution in [3.8, 4) is 10.8 Å². The van der Waals surface area contributed by atoms with Gasteiger partial charge in [0.15, 0.2) is 0 Å². The molecular formula is C23H23N3O3S2. The minimum atomic E-state index is -3.81. The summed E-state index contributed by atoms with van der Waals surface area (Å²) < 4.78 is 34.7. The maximum atomic E-state index is 13.8. The second-order valence-electron chi connectivity index (χ2n) is 7.46. The predicted octanol–water partition coefficient (Wildman–Crippen LogP) is 5.11. The van der Waals surface area contributed by atoms with Crippen molar-refractivity contribution in [2.75, 3.05) is 0 Å². The summed E-state index contributed by atoms with van der Waals surface area (Å²) in [7, 11) is -3.81. The first-order chi connectivity index (χ1) is 14.8. The Bertz CT molecular complexity index is 1260. The van der Waals surface area contributed by atoms with Crippen LogP contribution >= 0.6 is 11.3 Å². The number of thiophene rings is 1. The molecule has 31 heavy (non-hydrogen) atoms. The van der Waals surface area contributed by atoms with Crippen LogP contribution in [0.5, 0.6) is 0 Å². The van der Waals surface area contributed by atoms with E-state index in [2.05, 4.69) is 10.2 Å². The van der Waals surface area contributed by atoms with Crippen LogP contribution in [0.4, 0.5) is 0 Å². The molecule has 4 aromatic rings. The summed E-state index contributed by atoms with van der Waals surface area (Å²) in [6.45, 7) is 5.81. The highest BCUT2D eigenvalue weighted by atomic mass is 32.2. The average molecular weight is 454 g/mol. The molecule has 0 atom stereocenters. The molecule has 2 aromatic heterocycles. The van der Waals surface area contributed by atoms with Gasteiger partial charge in [0.05, 0.1) is 16.3 Å². The lowest BCUT2D eigenvalue weighted by Gasteiger charge is -2.23. The Morgan fingerprint density at radius 1 is 0.935 bits per heavy atom. The largest absolute Gasteiger partial charge is 0.418 e. The quantitative estimate of drug-likeness (QED) is 0.388. The van der Waals surface area contributed by atoms with Crippen LogP contribution in [0.1, 0.15) is 28.1 Å². The van der Waals surface area contributed by atoms with Crippen LogP contribution in [0.25, 0.3) is 10.8 Å². The van der Waals surface area contributed by atoms with Crippen LogP contribution in [0.15, 0.2) is 69.3 Å². The summed E-state index contributed by atoms with van der Waals surface area (Å²) >= 11 is 1.49. The lowest BCUT2D eigenvalue weighted by atomic mass is 10.1. The van der Waals surface area contributed by atoms with E-state index in [9.17, 15) is 8.42 Å². The fourth-order valence-corrected chi connectivity index (χ4v) is 6.12. The van der Waals surface area contributed by atoms with E-state index < -0.39 is 10.0 Å². The molecule has 0 saturated heterocycles. The zero-order valence-electron chi connectivity index (χ0n) is 17.6. The molecule has 0 spiro atoms. The van der Waals surface area contributed by atoms with Crippen molar-refractivity contribution in [2.45, 2.75) is 38.8 Å². The average Bonchev–Trinajstić information content (AvgIpc) is 3.39. The zero-order valence-corrected chi connectivity index (χ0v) is 19.2. The van der Waals surface area contributed by atoms with Gasteiger partial charge < -0.3 is 4.42 Å². The standard InChI is InChI=1S/C23H23N3O3S2/c1-16-12-17(2)22(18(3)13-16)31(27,28)26(14-19-8-5-4-6-9-19)15-21-24-25-23(29-21)20-10-7-11-30-20/h4-13H,14-15H2,1-3H3. The molecule has 4 rings (SSSR count). The lowest BCUT2D eigenvalue weighted by Crippen LogP contribution is -2.31. The van der Waals surface area contributed by atoms with Crippen LogP contribution in [0, 0.1) is 20.8 Å². The van der Waals surface area contributed by atoms with Crippen molar-refractivity contribution < 1.29 is 12.8 Å². The number of hydrogen-bond acceptors (Lipinski definition) is 6. The minimum absolute atomic E-state index is 0.0115. The van der Waals surface area contributed by atoms with E-state index in [4.69, 9.17) is 4.42 Å². The first kappa shape index (κ1) is 21.4. The van der Waals surface area contributed by atoms with E-state index >= 15 is 0 Å². The molecule has 0 aliphatic heterocycles. The van der Waals surface area contributed by atoms with Gasteiger partial charge in [0.1, 0.15) is 0 Å². The molecular weight excluding hydrogens is 430 g/mol. The SMILES string of the molecule is Cc1cc(C)c(S(=O)(=O)N(Cc2ccccc2)Cc2nnc(-c3cccs3)o2)c(C)c1. The molecule has 0 aliphatic rings. The first-order valence-electron chi connectivity index (χ1n) is 9.83. The van der Waals surface area contributed by atoms with E-state index in [0.717, 1.165) is 27.1 Å². The van der Waals surface area contributed by atoms with Gasteiger partial charge in [0, 0.05) is 6.54 Å². The van der Waals surface area contributed by atoms with Gasteiger partial charge in [-0.3, -0.25) is 0 Å². The Balaban J connectivity index is 1.72. The molecule has 0 radical (unpaired) electrons. The second kappa shape index (κ2) is 8.74. The third-order valence-electron chi connectivity index (χ3n) is 4.91. The van der Waals surface area contributed by atoms with Crippen molar-refractivity contribution in [2.24, 2.45) is 0 Å². The topological polar surface area (TPSA) is 76.3 Å². The summed E-state index contributed by atoms with van der Waals surface area (Å²) in [5.41, 5.74) is 3.35. The Morgan fingerprint density at radius 2 is 1.65 bits per heavy atom. The van der Waals surface area contributed by atoms with Gasteiger partial charge in [0.25, 0.3) is 5.89 Å². The van der Waals surface area contributed by atoms with E-state index in [1.165, 1.54) is 15.6 Å². The van der Waals surface area contributed by atoms with E-state index in [0.29, 0.717) is 10.8 Å². The number of hydrogen-bond donors (Lipinski definition) is 0. The van der Waals surface area contributed by atoms with Gasteiger partial charge in [-0.2, -0.15) is 4.31 Å². The fourth-order valence-electron chi connectivity index (χ4n) is 3.68. The van der Waals surface area contributed by atoms with Crippen molar-refractivity contribution >= 4 is 21.4 Å². The molecule has 0 amide bonds. The van der Waals surface area contributed by atoms with Crippen LogP contribution < -0.4 is 0 Å². The van der Waals surface area contributed by atoms with Crippen LogP contribution in [-0.2, 0) is 23.1 Å². The summed E-state index contributed by atoms with van der Waals surface area (Å²) in [5, 5.41) is 10.1. The third-order valence-corrected chi connectivity index (χ3v) is 7.87. The highest BCUT2D eigenvalue weighted by Crippen LogP contribution is 2.29. The molecule has 0 bridgehead atoms. The van der Waals surface area contributed by atoms with Gasteiger partial charge in [-0.1, -0.05) is 54.1 Å². The van der Waals surface area contributed by atoms with E-state index in [1.807, 2.05) is 80.7 Å². The number of rotatable bonds is 7. The van der Waals surface area contributed by atoms with Crippen molar-refractivity contribution in [3.05, 3.63) is 88.1 Å². The number of nitrogens with zero attached hydrogens (tertiary/aromatic N) is 3. The monoisotopic (exact) mass is 453 g/mol. The third kappa shape index (κ3) is 4.61. The maximum Gasteiger partial charge on any atom is 0.257 e. The minimum Gasteiger partial charge on any atom is -0.418 e. The Labute approximate surface area is 186 Å². The molecule has 0 aliphatic carbocycles. The smallest absolute Gasteiger partial charge is 0.257 e. The maximum absolute atomic E-state index is 13.8. The lowest BCUT2D eigenvalue weighted by molar-refractivity contribution is 0.352. The predicted molar refractivity (Wildman–Crippen MR) is 121 cm³/mol. The molecule has 8 heteroatoms. The van der Waals surface area contributed by atoms with Crippen LogP contribution in [0.3, 0.4) is 0 Å². The van der Waals surface area contributed by atoms with Crippen LogP contribution in [-0.4, -0.2) is 22.9 Å². The van der Waals surface area contributed by atoms with Gasteiger partial charge in [0.2, 0.25) is 15.9 Å². The first-order valence-corrected chi connectivity index (χ1v) is 12.1. The molecule has 6 nitrogen and oxygen atoms in total. The second-order valence-corrected chi connectivity index (χ2v) is 10.3. The molecule has 0 unspecified atom stereocenters. The Hall–Kier alpha value is -2.81. The van der Waals surface area contributed by atoms with Crippen LogP contribution in [0.2, 0.25) is 0 Å². The highest BCUT2D eigenvalue weighted by molar-refractivity contribution is 7.89. The van der Waals surface area contributed by atoms with Crippen molar-refractivity contribution in [1.82, 2.24) is 14.5 Å². The van der Waals surface area contributed by atoms with Gasteiger partial charge in [-0.25, -0.2) is 8.42 Å². The molecule has 0 fully saturated rings. The Kier molecular flexibility index (Phi) is 6.04. The van der Waals surface area contributed by atoms with Crippen molar-refractivity contribution in [1.29, 1.82) is 0 Å². The van der Waals surface area contributed by atoms with Gasteiger partial charge in [-0.05, 0) is 48.9 Å².